The summed E-state index contributed by atoms with van der Waals surface area (Å²) in [6.07, 6.45) is 2.08. The molecule has 0 radical (unpaired) electrons. The molecule has 0 aliphatic carbocycles. The Bertz CT molecular complexity index is 1150. The maximum atomic E-state index is 12.7. The number of fused-ring (bicyclic) bond motifs is 1. The van der Waals surface area contributed by atoms with Gasteiger partial charge in [0.1, 0.15) is 0 Å². The van der Waals surface area contributed by atoms with Crippen molar-refractivity contribution in [1.29, 1.82) is 0 Å². The molecule has 4 aromatic rings. The van der Waals surface area contributed by atoms with Crippen LogP contribution >= 0.6 is 11.3 Å². The van der Waals surface area contributed by atoms with E-state index < -0.39 is 6.09 Å². The second-order valence-corrected chi connectivity index (χ2v) is 6.77. The van der Waals surface area contributed by atoms with Crippen LogP contribution in [-0.2, 0) is 0 Å². The molecule has 0 saturated heterocycles. The minimum atomic E-state index is -1.05. The van der Waals surface area contributed by atoms with E-state index in [2.05, 4.69) is 10.1 Å². The highest BCUT2D eigenvalue weighted by Gasteiger charge is 2.19. The standard InChI is InChI=1S/C19H14N4O3S/c1-22(19(25)26)13-5-2-4-12(10-13)15-7-8-20-18-14(11-21-23(15)18)17(24)16-6-3-9-27-16/h2-11H,1H3,(H,25,26). The minimum absolute atomic E-state index is 0.121. The van der Waals surface area contributed by atoms with Gasteiger partial charge in [0.2, 0.25) is 5.78 Å². The SMILES string of the molecule is CN(C(=O)O)c1cccc(-c2ccnc3c(C(=O)c4cccs4)cnn23)c1. The van der Waals surface area contributed by atoms with E-state index in [1.54, 1.807) is 41.0 Å². The van der Waals surface area contributed by atoms with Gasteiger partial charge in [-0.2, -0.15) is 5.10 Å². The Morgan fingerprint density at radius 1 is 1.19 bits per heavy atom. The summed E-state index contributed by atoms with van der Waals surface area (Å²) in [6.45, 7) is 0. The second-order valence-electron chi connectivity index (χ2n) is 5.82. The van der Waals surface area contributed by atoms with Crippen LogP contribution in [0.2, 0.25) is 0 Å². The first-order valence-corrected chi connectivity index (χ1v) is 8.92. The van der Waals surface area contributed by atoms with Crippen LogP contribution in [0.25, 0.3) is 16.9 Å². The zero-order chi connectivity index (χ0) is 19.0. The molecule has 0 spiro atoms. The normalized spacial score (nSPS) is 10.9. The van der Waals surface area contributed by atoms with Gasteiger partial charge >= 0.3 is 6.09 Å². The summed E-state index contributed by atoms with van der Waals surface area (Å²) >= 11 is 1.37. The number of carbonyl (C=O) groups excluding carboxylic acids is 1. The predicted molar refractivity (Wildman–Crippen MR) is 103 cm³/mol. The minimum Gasteiger partial charge on any atom is -0.465 e. The molecular formula is C19H14N4O3S. The van der Waals surface area contributed by atoms with Crippen molar-refractivity contribution in [3.8, 4) is 11.3 Å². The van der Waals surface area contributed by atoms with Crippen LogP contribution < -0.4 is 4.90 Å². The molecular weight excluding hydrogens is 364 g/mol. The molecule has 0 atom stereocenters. The molecule has 1 amide bonds. The van der Waals surface area contributed by atoms with Crippen LogP contribution in [0, 0.1) is 0 Å². The number of hydrogen-bond donors (Lipinski definition) is 1. The third kappa shape index (κ3) is 2.96. The van der Waals surface area contributed by atoms with E-state index in [-0.39, 0.29) is 5.78 Å². The Balaban J connectivity index is 1.82. The second kappa shape index (κ2) is 6.65. The van der Waals surface area contributed by atoms with Gasteiger partial charge < -0.3 is 5.11 Å². The van der Waals surface area contributed by atoms with E-state index in [0.29, 0.717) is 27.5 Å². The number of hydrogen-bond acceptors (Lipinski definition) is 5. The van der Waals surface area contributed by atoms with Crippen molar-refractivity contribution in [2.75, 3.05) is 11.9 Å². The molecule has 0 saturated carbocycles. The van der Waals surface area contributed by atoms with Crippen LogP contribution in [0.4, 0.5) is 10.5 Å². The van der Waals surface area contributed by atoms with Gasteiger partial charge in [0.25, 0.3) is 0 Å². The Morgan fingerprint density at radius 3 is 2.78 bits per heavy atom. The van der Waals surface area contributed by atoms with E-state index in [1.807, 2.05) is 17.5 Å². The number of amides is 1. The van der Waals surface area contributed by atoms with Gasteiger partial charge in [-0.05, 0) is 29.6 Å². The van der Waals surface area contributed by atoms with Crippen molar-refractivity contribution in [3.05, 3.63) is 70.7 Å². The maximum absolute atomic E-state index is 12.7. The third-order valence-corrected chi connectivity index (χ3v) is 5.08. The number of anilines is 1. The highest BCUT2D eigenvalue weighted by molar-refractivity contribution is 7.12. The molecule has 1 aromatic carbocycles. The average molecular weight is 378 g/mol. The summed E-state index contributed by atoms with van der Waals surface area (Å²) in [5, 5.41) is 15.4. The van der Waals surface area contributed by atoms with E-state index in [4.69, 9.17) is 0 Å². The highest BCUT2D eigenvalue weighted by atomic mass is 32.1. The lowest BCUT2D eigenvalue weighted by molar-refractivity contribution is 0.104. The van der Waals surface area contributed by atoms with Gasteiger partial charge in [0, 0.05) is 24.5 Å². The fraction of sp³-hybridized carbons (Fsp3) is 0.0526. The van der Waals surface area contributed by atoms with Crippen LogP contribution in [0.15, 0.2) is 60.2 Å². The number of rotatable bonds is 4. The van der Waals surface area contributed by atoms with Crippen molar-refractivity contribution in [2.45, 2.75) is 0 Å². The number of carboxylic acid groups (broad SMARTS) is 1. The Morgan fingerprint density at radius 2 is 2.04 bits per heavy atom. The third-order valence-electron chi connectivity index (χ3n) is 4.21. The Kier molecular flexibility index (Phi) is 4.17. The number of benzene rings is 1. The molecule has 7 nitrogen and oxygen atoms in total. The first-order chi connectivity index (χ1) is 13.1. The topological polar surface area (TPSA) is 87.8 Å². The monoisotopic (exact) mass is 378 g/mol. The fourth-order valence-electron chi connectivity index (χ4n) is 2.80. The van der Waals surface area contributed by atoms with E-state index in [1.165, 1.54) is 24.6 Å². The van der Waals surface area contributed by atoms with Gasteiger partial charge in [-0.25, -0.2) is 14.3 Å². The number of carbonyl (C=O) groups is 2. The molecule has 1 N–H and O–H groups in total. The Labute approximate surface area is 158 Å². The quantitative estimate of drug-likeness (QED) is 0.546. The van der Waals surface area contributed by atoms with Crippen molar-refractivity contribution in [3.63, 3.8) is 0 Å². The molecule has 3 heterocycles. The van der Waals surface area contributed by atoms with Crippen LogP contribution in [0.3, 0.4) is 0 Å². The summed E-state index contributed by atoms with van der Waals surface area (Å²) < 4.78 is 1.60. The van der Waals surface area contributed by atoms with Gasteiger partial charge in [0.05, 0.1) is 22.3 Å². The molecule has 3 aromatic heterocycles. The summed E-state index contributed by atoms with van der Waals surface area (Å²) in [5.41, 5.74) is 2.91. The van der Waals surface area contributed by atoms with Gasteiger partial charge in [-0.15, -0.1) is 11.3 Å². The summed E-state index contributed by atoms with van der Waals surface area (Å²) in [6, 6.07) is 12.5. The molecule has 8 heteroatoms. The molecule has 0 aliphatic heterocycles. The molecule has 0 unspecified atom stereocenters. The van der Waals surface area contributed by atoms with Crippen LogP contribution in [0.5, 0.6) is 0 Å². The van der Waals surface area contributed by atoms with Crippen molar-refractivity contribution in [1.82, 2.24) is 14.6 Å². The molecule has 134 valence electrons. The summed E-state index contributed by atoms with van der Waals surface area (Å²) in [7, 11) is 1.48. The lowest BCUT2D eigenvalue weighted by Crippen LogP contribution is -2.23. The largest absolute Gasteiger partial charge is 0.465 e. The van der Waals surface area contributed by atoms with E-state index >= 15 is 0 Å². The van der Waals surface area contributed by atoms with E-state index in [9.17, 15) is 14.7 Å². The van der Waals surface area contributed by atoms with Crippen LogP contribution in [0.1, 0.15) is 15.2 Å². The van der Waals surface area contributed by atoms with E-state index in [0.717, 1.165) is 10.5 Å². The first-order valence-electron chi connectivity index (χ1n) is 8.04. The zero-order valence-corrected chi connectivity index (χ0v) is 15.1. The molecule has 0 bridgehead atoms. The summed E-state index contributed by atoms with van der Waals surface area (Å²) in [5.74, 6) is -0.121. The number of aromatic nitrogens is 3. The van der Waals surface area contributed by atoms with Crippen molar-refractivity contribution < 1.29 is 14.7 Å². The molecule has 0 aliphatic rings. The molecule has 4 rings (SSSR count). The molecule has 27 heavy (non-hydrogen) atoms. The first kappa shape index (κ1) is 16.9. The average Bonchev–Trinajstić information content (AvgIpc) is 3.36. The number of nitrogens with zero attached hydrogens (tertiary/aromatic N) is 4. The highest BCUT2D eigenvalue weighted by Crippen LogP contribution is 2.26. The number of ketones is 1. The fourth-order valence-corrected chi connectivity index (χ4v) is 3.47. The maximum Gasteiger partial charge on any atom is 0.411 e. The van der Waals surface area contributed by atoms with Gasteiger partial charge in [0.15, 0.2) is 5.65 Å². The smallest absolute Gasteiger partial charge is 0.411 e. The Hall–Kier alpha value is -3.52. The summed E-state index contributed by atoms with van der Waals surface area (Å²) in [4.78, 5) is 30.0. The number of thiophene rings is 1. The van der Waals surface area contributed by atoms with Crippen molar-refractivity contribution >= 4 is 34.5 Å². The van der Waals surface area contributed by atoms with Gasteiger partial charge in [-0.3, -0.25) is 9.69 Å². The predicted octanol–water partition coefficient (Wildman–Crippen LogP) is 3.80. The van der Waals surface area contributed by atoms with Crippen molar-refractivity contribution in [2.24, 2.45) is 0 Å². The lowest BCUT2D eigenvalue weighted by Gasteiger charge is -2.14. The molecule has 0 fully saturated rings. The van der Waals surface area contributed by atoms with Crippen LogP contribution in [-0.4, -0.2) is 38.6 Å². The zero-order valence-electron chi connectivity index (χ0n) is 14.2. The van der Waals surface area contributed by atoms with Gasteiger partial charge in [-0.1, -0.05) is 18.2 Å². The lowest BCUT2D eigenvalue weighted by atomic mass is 10.1.